The van der Waals surface area contributed by atoms with Gasteiger partial charge in [0.2, 0.25) is 0 Å². The van der Waals surface area contributed by atoms with Crippen LogP contribution in [0, 0.1) is 29.1 Å². The summed E-state index contributed by atoms with van der Waals surface area (Å²) in [6, 6.07) is 0. The highest BCUT2D eigenvalue weighted by atomic mass is 16.5. The third-order valence-electron chi connectivity index (χ3n) is 4.62. The number of hydrogen-bond acceptors (Lipinski definition) is 1. The highest BCUT2D eigenvalue weighted by molar-refractivity contribution is 4.94. The normalized spacial score (nSPS) is 26.6. The van der Waals surface area contributed by atoms with Crippen LogP contribution in [-0.4, -0.2) is 13.2 Å². The Morgan fingerprint density at radius 3 is 1.87 bits per heavy atom. The van der Waals surface area contributed by atoms with Crippen molar-refractivity contribution >= 4 is 0 Å². The minimum Gasteiger partial charge on any atom is -0.381 e. The summed E-state index contributed by atoms with van der Waals surface area (Å²) in [4.78, 5) is 0. The van der Waals surface area contributed by atoms with Crippen molar-refractivity contribution in [2.75, 3.05) is 13.2 Å². The molecule has 1 saturated heterocycles. The molecule has 0 amide bonds. The standard InChI is InChI=1S/C14H28O/c1-10(2)13-9-15-8-7-14(13,11(3)4)12(5)6/h10-13H,7-9H2,1-6H3. The lowest BCUT2D eigenvalue weighted by molar-refractivity contribution is -0.110. The number of ether oxygens (including phenoxy) is 1. The Hall–Kier alpha value is -0.0400. The fraction of sp³-hybridized carbons (Fsp3) is 1.00. The van der Waals surface area contributed by atoms with Crippen LogP contribution in [0.1, 0.15) is 48.0 Å². The second-order valence-electron chi connectivity index (χ2n) is 6.10. The monoisotopic (exact) mass is 212 g/mol. The summed E-state index contributed by atoms with van der Waals surface area (Å²) in [7, 11) is 0. The van der Waals surface area contributed by atoms with Gasteiger partial charge in [-0.1, -0.05) is 41.5 Å². The zero-order valence-electron chi connectivity index (χ0n) is 11.3. The highest BCUT2D eigenvalue weighted by Gasteiger charge is 2.46. The Labute approximate surface area is 95.6 Å². The average Bonchev–Trinajstić information content (AvgIpc) is 2.16. The lowest BCUT2D eigenvalue weighted by Gasteiger charge is -2.52. The quantitative estimate of drug-likeness (QED) is 0.687. The van der Waals surface area contributed by atoms with Crippen molar-refractivity contribution in [2.45, 2.75) is 48.0 Å². The highest BCUT2D eigenvalue weighted by Crippen LogP contribution is 2.50. The van der Waals surface area contributed by atoms with Gasteiger partial charge in [0.15, 0.2) is 0 Å². The van der Waals surface area contributed by atoms with Gasteiger partial charge in [-0.25, -0.2) is 0 Å². The van der Waals surface area contributed by atoms with Gasteiger partial charge >= 0.3 is 0 Å². The van der Waals surface area contributed by atoms with E-state index in [0.29, 0.717) is 5.41 Å². The molecule has 1 aliphatic rings. The molecule has 1 unspecified atom stereocenters. The molecular formula is C14H28O. The minimum atomic E-state index is 0.492. The fourth-order valence-electron chi connectivity index (χ4n) is 3.71. The van der Waals surface area contributed by atoms with E-state index in [2.05, 4.69) is 41.5 Å². The van der Waals surface area contributed by atoms with Gasteiger partial charge in [-0.05, 0) is 35.5 Å². The Morgan fingerprint density at radius 2 is 1.53 bits per heavy atom. The lowest BCUT2D eigenvalue weighted by atomic mass is 9.56. The van der Waals surface area contributed by atoms with Crippen LogP contribution >= 0.6 is 0 Å². The van der Waals surface area contributed by atoms with Crippen LogP contribution in [-0.2, 0) is 4.74 Å². The molecule has 0 aliphatic carbocycles. The van der Waals surface area contributed by atoms with Crippen molar-refractivity contribution in [3.05, 3.63) is 0 Å². The SMILES string of the molecule is CC(C)C1COCCC1(C(C)C)C(C)C. The zero-order valence-corrected chi connectivity index (χ0v) is 11.3. The van der Waals surface area contributed by atoms with Gasteiger partial charge in [0.25, 0.3) is 0 Å². The van der Waals surface area contributed by atoms with Crippen LogP contribution in [0.15, 0.2) is 0 Å². The predicted octanol–water partition coefficient (Wildman–Crippen LogP) is 3.98. The van der Waals surface area contributed by atoms with E-state index < -0.39 is 0 Å². The first-order chi connectivity index (χ1) is 6.93. The average molecular weight is 212 g/mol. The Bertz CT molecular complexity index is 186. The van der Waals surface area contributed by atoms with Gasteiger partial charge < -0.3 is 4.74 Å². The minimum absolute atomic E-state index is 0.492. The summed E-state index contributed by atoms with van der Waals surface area (Å²) in [6.07, 6.45) is 1.24. The molecule has 1 rings (SSSR count). The van der Waals surface area contributed by atoms with E-state index in [4.69, 9.17) is 4.74 Å². The van der Waals surface area contributed by atoms with Gasteiger partial charge in [-0.2, -0.15) is 0 Å². The van der Waals surface area contributed by atoms with E-state index in [1.807, 2.05) is 0 Å². The first kappa shape index (κ1) is 13.0. The van der Waals surface area contributed by atoms with Crippen molar-refractivity contribution in [1.82, 2.24) is 0 Å². The van der Waals surface area contributed by atoms with E-state index in [0.717, 1.165) is 36.9 Å². The summed E-state index contributed by atoms with van der Waals surface area (Å²) in [5, 5.41) is 0. The van der Waals surface area contributed by atoms with Crippen molar-refractivity contribution in [3.63, 3.8) is 0 Å². The molecule has 1 heterocycles. The molecule has 15 heavy (non-hydrogen) atoms. The van der Waals surface area contributed by atoms with Crippen LogP contribution in [0.25, 0.3) is 0 Å². The van der Waals surface area contributed by atoms with Crippen molar-refractivity contribution in [3.8, 4) is 0 Å². The van der Waals surface area contributed by atoms with Crippen molar-refractivity contribution in [2.24, 2.45) is 29.1 Å². The van der Waals surface area contributed by atoms with E-state index in [1.54, 1.807) is 0 Å². The topological polar surface area (TPSA) is 9.23 Å². The fourth-order valence-corrected chi connectivity index (χ4v) is 3.71. The summed E-state index contributed by atoms with van der Waals surface area (Å²) in [5.74, 6) is 2.98. The molecule has 0 saturated carbocycles. The zero-order chi connectivity index (χ0) is 11.6. The lowest BCUT2D eigenvalue weighted by Crippen LogP contribution is -2.48. The van der Waals surface area contributed by atoms with Gasteiger partial charge in [-0.15, -0.1) is 0 Å². The molecule has 0 radical (unpaired) electrons. The molecule has 0 N–H and O–H groups in total. The third-order valence-corrected chi connectivity index (χ3v) is 4.62. The first-order valence-electron chi connectivity index (χ1n) is 6.50. The summed E-state index contributed by atoms with van der Waals surface area (Å²) in [5.41, 5.74) is 0.492. The molecule has 0 aromatic carbocycles. The maximum Gasteiger partial charge on any atom is 0.0502 e. The molecule has 1 fully saturated rings. The van der Waals surface area contributed by atoms with Gasteiger partial charge in [0, 0.05) is 6.61 Å². The molecule has 1 heteroatoms. The van der Waals surface area contributed by atoms with E-state index in [9.17, 15) is 0 Å². The number of rotatable bonds is 3. The van der Waals surface area contributed by atoms with Crippen LogP contribution in [0.2, 0.25) is 0 Å². The van der Waals surface area contributed by atoms with Crippen LogP contribution in [0.3, 0.4) is 0 Å². The summed E-state index contributed by atoms with van der Waals surface area (Å²) in [6.45, 7) is 16.2. The Balaban J connectivity index is 2.99. The molecule has 0 spiro atoms. The second-order valence-corrected chi connectivity index (χ2v) is 6.10. The van der Waals surface area contributed by atoms with Crippen LogP contribution in [0.5, 0.6) is 0 Å². The van der Waals surface area contributed by atoms with E-state index >= 15 is 0 Å². The molecule has 1 aliphatic heterocycles. The van der Waals surface area contributed by atoms with Gasteiger partial charge in [-0.3, -0.25) is 0 Å². The largest absolute Gasteiger partial charge is 0.381 e. The molecule has 0 aromatic rings. The summed E-state index contributed by atoms with van der Waals surface area (Å²) < 4.78 is 5.70. The van der Waals surface area contributed by atoms with Gasteiger partial charge in [0.1, 0.15) is 0 Å². The number of hydrogen-bond donors (Lipinski definition) is 0. The molecular weight excluding hydrogens is 184 g/mol. The Kier molecular flexibility index (Phi) is 4.22. The third kappa shape index (κ3) is 2.22. The van der Waals surface area contributed by atoms with E-state index in [-0.39, 0.29) is 0 Å². The maximum absolute atomic E-state index is 5.70. The first-order valence-corrected chi connectivity index (χ1v) is 6.50. The van der Waals surface area contributed by atoms with Crippen molar-refractivity contribution in [1.29, 1.82) is 0 Å². The predicted molar refractivity (Wildman–Crippen MR) is 65.9 cm³/mol. The maximum atomic E-state index is 5.70. The molecule has 0 bridgehead atoms. The smallest absolute Gasteiger partial charge is 0.0502 e. The van der Waals surface area contributed by atoms with Gasteiger partial charge in [0.05, 0.1) is 6.61 Å². The summed E-state index contributed by atoms with van der Waals surface area (Å²) >= 11 is 0. The van der Waals surface area contributed by atoms with E-state index in [1.165, 1.54) is 6.42 Å². The van der Waals surface area contributed by atoms with Crippen LogP contribution < -0.4 is 0 Å². The molecule has 1 atom stereocenters. The second kappa shape index (κ2) is 4.86. The molecule has 0 aromatic heterocycles. The van der Waals surface area contributed by atoms with Crippen molar-refractivity contribution < 1.29 is 4.74 Å². The van der Waals surface area contributed by atoms with Crippen LogP contribution in [0.4, 0.5) is 0 Å². The molecule has 90 valence electrons. The Morgan fingerprint density at radius 1 is 1.00 bits per heavy atom. The molecule has 1 nitrogen and oxygen atoms in total.